The number of carbonyl (C=O) groups is 3. The number of primary amides is 1. The molecule has 1 aromatic carbocycles. The Morgan fingerprint density at radius 2 is 1.83 bits per heavy atom. The first-order valence-electron chi connectivity index (χ1n) is 10.4. The summed E-state index contributed by atoms with van der Waals surface area (Å²) < 4.78 is 17.5. The van der Waals surface area contributed by atoms with E-state index >= 15 is 0 Å². The van der Waals surface area contributed by atoms with Crippen molar-refractivity contribution >= 4 is 45.9 Å². The lowest BCUT2D eigenvalue weighted by Crippen LogP contribution is -2.16. The molecule has 2 aromatic heterocycles. The predicted molar refractivity (Wildman–Crippen MR) is 131 cm³/mol. The summed E-state index contributed by atoms with van der Waals surface area (Å²) in [4.78, 5) is 36.6. The molecule has 3 aromatic rings. The van der Waals surface area contributed by atoms with Gasteiger partial charge in [0.05, 0.1) is 30.4 Å². The third-order valence-electron chi connectivity index (χ3n) is 4.88. The van der Waals surface area contributed by atoms with E-state index in [2.05, 4.69) is 15.5 Å². The van der Waals surface area contributed by atoms with Crippen LogP contribution in [0.15, 0.2) is 29.4 Å². The van der Waals surface area contributed by atoms with Crippen LogP contribution in [0.4, 0.5) is 5.00 Å². The molecular formula is C22H25N5O6S2. The number of hydrogen-bond donors (Lipinski definition) is 2. The minimum Gasteiger partial charge on any atom is -0.497 e. The standard InChI is InChI=1S/C22H25N5O6S2/c1-5-27-15(10-33-14-8-6-13(31-3)7-9-14)25-26-22(27)34-11-16(28)24-20-17(21(30)32-4)12(2)18(35-20)19(23)29/h6-9H,5,10-11H2,1-4H3,(H2,23,29)(H,24,28). The maximum atomic E-state index is 12.6. The topological polar surface area (TPSA) is 148 Å². The number of benzene rings is 1. The highest BCUT2D eigenvalue weighted by molar-refractivity contribution is 7.99. The first kappa shape index (κ1) is 26.0. The van der Waals surface area contributed by atoms with E-state index in [0.717, 1.165) is 17.1 Å². The van der Waals surface area contributed by atoms with Gasteiger partial charge in [-0.1, -0.05) is 11.8 Å². The summed E-state index contributed by atoms with van der Waals surface area (Å²) >= 11 is 2.12. The summed E-state index contributed by atoms with van der Waals surface area (Å²) in [7, 11) is 2.81. The molecule has 0 aliphatic carbocycles. The molecule has 0 fully saturated rings. The van der Waals surface area contributed by atoms with Gasteiger partial charge in [-0.15, -0.1) is 21.5 Å². The van der Waals surface area contributed by atoms with Crippen LogP contribution in [0.3, 0.4) is 0 Å². The average molecular weight is 520 g/mol. The molecule has 0 bridgehead atoms. The number of methoxy groups -OCH3 is 2. The molecule has 13 heteroatoms. The summed E-state index contributed by atoms with van der Waals surface area (Å²) in [6.07, 6.45) is 0. The number of carbonyl (C=O) groups excluding carboxylic acids is 3. The SMILES string of the molecule is CCn1c(COc2ccc(OC)cc2)nnc1SCC(=O)Nc1sc(C(N)=O)c(C)c1C(=O)OC. The molecule has 0 radical (unpaired) electrons. The summed E-state index contributed by atoms with van der Waals surface area (Å²) in [6, 6.07) is 7.19. The van der Waals surface area contributed by atoms with Gasteiger partial charge < -0.3 is 29.8 Å². The lowest BCUT2D eigenvalue weighted by molar-refractivity contribution is -0.113. The average Bonchev–Trinajstić information content (AvgIpc) is 3.40. The largest absolute Gasteiger partial charge is 0.497 e. The minimum atomic E-state index is -0.687. The first-order valence-corrected chi connectivity index (χ1v) is 12.2. The van der Waals surface area contributed by atoms with E-state index in [4.69, 9.17) is 19.9 Å². The number of thioether (sulfide) groups is 1. The molecule has 35 heavy (non-hydrogen) atoms. The maximum Gasteiger partial charge on any atom is 0.341 e. The summed E-state index contributed by atoms with van der Waals surface area (Å²) in [6.45, 7) is 4.29. The smallest absolute Gasteiger partial charge is 0.341 e. The van der Waals surface area contributed by atoms with Gasteiger partial charge in [-0.3, -0.25) is 9.59 Å². The molecule has 0 saturated heterocycles. The number of thiophene rings is 1. The van der Waals surface area contributed by atoms with Crippen molar-refractivity contribution in [3.05, 3.63) is 46.1 Å². The summed E-state index contributed by atoms with van der Waals surface area (Å²) in [5.41, 5.74) is 5.86. The lowest BCUT2D eigenvalue weighted by Gasteiger charge is -2.09. The van der Waals surface area contributed by atoms with Crippen LogP contribution >= 0.6 is 23.1 Å². The number of aromatic nitrogens is 3. The van der Waals surface area contributed by atoms with Crippen molar-refractivity contribution in [1.82, 2.24) is 14.8 Å². The van der Waals surface area contributed by atoms with Gasteiger partial charge >= 0.3 is 5.97 Å². The molecule has 3 rings (SSSR count). The minimum absolute atomic E-state index is 0.000928. The van der Waals surface area contributed by atoms with E-state index < -0.39 is 11.9 Å². The Morgan fingerprint density at radius 3 is 2.43 bits per heavy atom. The van der Waals surface area contributed by atoms with Crippen molar-refractivity contribution in [2.45, 2.75) is 32.2 Å². The van der Waals surface area contributed by atoms with Gasteiger partial charge in [-0.05, 0) is 43.7 Å². The molecule has 0 aliphatic rings. The lowest BCUT2D eigenvalue weighted by atomic mass is 10.1. The molecule has 11 nitrogen and oxygen atoms in total. The molecule has 0 saturated carbocycles. The van der Waals surface area contributed by atoms with Gasteiger partial charge in [0, 0.05) is 6.54 Å². The fraction of sp³-hybridized carbons (Fsp3) is 0.318. The highest BCUT2D eigenvalue weighted by Gasteiger charge is 2.25. The van der Waals surface area contributed by atoms with E-state index in [-0.39, 0.29) is 33.7 Å². The second-order valence-corrected chi connectivity index (χ2v) is 9.02. The number of ether oxygens (including phenoxy) is 3. The van der Waals surface area contributed by atoms with E-state index in [1.165, 1.54) is 18.9 Å². The third-order valence-corrected chi connectivity index (χ3v) is 7.07. The second-order valence-electron chi connectivity index (χ2n) is 7.06. The fourth-order valence-electron chi connectivity index (χ4n) is 3.15. The number of nitrogens with zero attached hydrogens (tertiary/aromatic N) is 3. The number of rotatable bonds is 11. The Bertz CT molecular complexity index is 1220. The van der Waals surface area contributed by atoms with Crippen LogP contribution in [0, 0.1) is 6.92 Å². The molecule has 3 N–H and O–H groups in total. The number of nitrogens with two attached hydrogens (primary N) is 1. The third kappa shape index (κ3) is 6.11. The Kier molecular flexibility index (Phi) is 8.71. The Hall–Kier alpha value is -3.58. The molecule has 0 spiro atoms. The molecule has 0 aliphatic heterocycles. The first-order chi connectivity index (χ1) is 16.8. The summed E-state index contributed by atoms with van der Waals surface area (Å²) in [5, 5.41) is 11.8. The van der Waals surface area contributed by atoms with Crippen LogP contribution in [0.25, 0.3) is 0 Å². The van der Waals surface area contributed by atoms with E-state index in [9.17, 15) is 14.4 Å². The highest BCUT2D eigenvalue weighted by Crippen LogP contribution is 2.33. The molecule has 186 valence electrons. The number of anilines is 1. The molecular weight excluding hydrogens is 494 g/mol. The van der Waals surface area contributed by atoms with Gasteiger partial charge in [0.15, 0.2) is 11.0 Å². The number of esters is 1. The Labute approximate surface area is 210 Å². The molecule has 0 unspecified atom stereocenters. The van der Waals surface area contributed by atoms with Crippen molar-refractivity contribution in [2.24, 2.45) is 5.73 Å². The van der Waals surface area contributed by atoms with Crippen LogP contribution in [0.1, 0.15) is 38.3 Å². The van der Waals surface area contributed by atoms with E-state index in [1.807, 2.05) is 11.5 Å². The molecule has 2 amide bonds. The van der Waals surface area contributed by atoms with Crippen LogP contribution in [0.5, 0.6) is 11.5 Å². The second kappa shape index (κ2) is 11.7. The van der Waals surface area contributed by atoms with Crippen molar-refractivity contribution in [1.29, 1.82) is 0 Å². The van der Waals surface area contributed by atoms with Crippen molar-refractivity contribution in [3.8, 4) is 11.5 Å². The van der Waals surface area contributed by atoms with Gasteiger partial charge in [0.2, 0.25) is 5.91 Å². The quantitative estimate of drug-likeness (QED) is 0.288. The van der Waals surface area contributed by atoms with Crippen LogP contribution in [-0.4, -0.2) is 52.5 Å². The maximum absolute atomic E-state index is 12.6. The van der Waals surface area contributed by atoms with Gasteiger partial charge in [0.25, 0.3) is 5.91 Å². The number of nitrogens with one attached hydrogen (secondary N) is 1. The van der Waals surface area contributed by atoms with E-state index in [0.29, 0.717) is 28.8 Å². The summed E-state index contributed by atoms with van der Waals surface area (Å²) in [5.74, 6) is 0.259. The van der Waals surface area contributed by atoms with Crippen molar-refractivity contribution in [3.63, 3.8) is 0 Å². The van der Waals surface area contributed by atoms with Crippen LogP contribution in [0.2, 0.25) is 0 Å². The zero-order valence-corrected chi connectivity index (χ0v) is 21.2. The van der Waals surface area contributed by atoms with E-state index in [1.54, 1.807) is 38.3 Å². The highest BCUT2D eigenvalue weighted by atomic mass is 32.2. The van der Waals surface area contributed by atoms with Crippen molar-refractivity contribution < 1.29 is 28.6 Å². The van der Waals surface area contributed by atoms with Gasteiger partial charge in [-0.25, -0.2) is 4.79 Å². The fourth-order valence-corrected chi connectivity index (χ4v) is 5.03. The predicted octanol–water partition coefficient (Wildman–Crippen LogP) is 2.87. The van der Waals surface area contributed by atoms with Gasteiger partial charge in [-0.2, -0.15) is 0 Å². The zero-order valence-electron chi connectivity index (χ0n) is 19.6. The Balaban J connectivity index is 1.65. The van der Waals surface area contributed by atoms with Crippen molar-refractivity contribution in [2.75, 3.05) is 25.3 Å². The molecule has 2 heterocycles. The Morgan fingerprint density at radius 1 is 1.14 bits per heavy atom. The monoisotopic (exact) mass is 519 g/mol. The zero-order chi connectivity index (χ0) is 25.5. The normalized spacial score (nSPS) is 10.6. The van der Waals surface area contributed by atoms with Crippen LogP contribution < -0.4 is 20.5 Å². The van der Waals surface area contributed by atoms with Crippen LogP contribution in [-0.2, 0) is 22.7 Å². The molecule has 0 atom stereocenters. The number of amides is 2. The number of hydrogen-bond acceptors (Lipinski definition) is 10. The van der Waals surface area contributed by atoms with Gasteiger partial charge in [0.1, 0.15) is 23.1 Å².